The molecule has 0 radical (unpaired) electrons. The van der Waals surface area contributed by atoms with Gasteiger partial charge in [0.15, 0.2) is 0 Å². The quantitative estimate of drug-likeness (QED) is 0.610. The van der Waals surface area contributed by atoms with Crippen molar-refractivity contribution in [1.29, 1.82) is 0 Å². The van der Waals surface area contributed by atoms with Crippen LogP contribution in [0.1, 0.15) is 21.6 Å². The van der Waals surface area contributed by atoms with Crippen LogP contribution >= 0.6 is 0 Å². The summed E-state index contributed by atoms with van der Waals surface area (Å²) in [4.78, 5) is 10.6. The second-order valence-electron chi connectivity index (χ2n) is 3.79. The van der Waals surface area contributed by atoms with Crippen molar-refractivity contribution < 1.29 is 28.8 Å². The molecular weight excluding hydrogens is 221 g/mol. The zero-order valence-corrected chi connectivity index (χ0v) is 10.5. The third kappa shape index (κ3) is 3.40. The number of carboxylic acids is 1. The Balaban J connectivity index is 0.00000162. The summed E-state index contributed by atoms with van der Waals surface area (Å²) in [6.45, 7) is 0. The van der Waals surface area contributed by atoms with Crippen LogP contribution in [0, 0.1) is 0 Å². The molecule has 1 aromatic heterocycles. The van der Waals surface area contributed by atoms with Crippen molar-refractivity contribution in [2.24, 2.45) is 7.05 Å². The topological polar surface area (TPSA) is 45.1 Å². The SMILES string of the molecule is Cn1cccc1/C=C/c1ccc(C(=O)[O-])cc1.[Li+]. The zero-order chi connectivity index (χ0) is 12.3. The monoisotopic (exact) mass is 233 g/mol. The zero-order valence-electron chi connectivity index (χ0n) is 10.5. The van der Waals surface area contributed by atoms with E-state index in [0.717, 1.165) is 11.3 Å². The van der Waals surface area contributed by atoms with Gasteiger partial charge in [-0.3, -0.25) is 0 Å². The third-order valence-electron chi connectivity index (χ3n) is 2.58. The van der Waals surface area contributed by atoms with E-state index in [-0.39, 0.29) is 24.4 Å². The molecule has 0 aliphatic heterocycles. The average molecular weight is 233 g/mol. The first kappa shape index (κ1) is 14.4. The molecule has 2 aromatic rings. The van der Waals surface area contributed by atoms with Crippen LogP contribution in [-0.4, -0.2) is 10.5 Å². The molecule has 18 heavy (non-hydrogen) atoms. The number of aryl methyl sites for hydroxylation is 1. The van der Waals surface area contributed by atoms with E-state index in [1.807, 2.05) is 42.1 Å². The molecule has 1 aromatic carbocycles. The number of aromatic carboxylic acids is 1. The normalized spacial score (nSPS) is 10.3. The van der Waals surface area contributed by atoms with Crippen molar-refractivity contribution >= 4 is 18.1 Å². The second-order valence-corrected chi connectivity index (χ2v) is 3.79. The maximum Gasteiger partial charge on any atom is 1.00 e. The van der Waals surface area contributed by atoms with Gasteiger partial charge in [0.05, 0.1) is 5.97 Å². The number of benzene rings is 1. The second kappa shape index (κ2) is 6.30. The van der Waals surface area contributed by atoms with Gasteiger partial charge < -0.3 is 14.5 Å². The Morgan fingerprint density at radius 2 is 1.83 bits per heavy atom. The van der Waals surface area contributed by atoms with Crippen molar-refractivity contribution in [1.82, 2.24) is 4.57 Å². The summed E-state index contributed by atoms with van der Waals surface area (Å²) in [5, 5.41) is 10.6. The fourth-order valence-corrected chi connectivity index (χ4v) is 1.56. The van der Waals surface area contributed by atoms with Crippen LogP contribution in [0.25, 0.3) is 12.2 Å². The largest absolute Gasteiger partial charge is 1.00 e. The van der Waals surface area contributed by atoms with E-state index in [0.29, 0.717) is 0 Å². The van der Waals surface area contributed by atoms with E-state index in [4.69, 9.17) is 0 Å². The summed E-state index contributed by atoms with van der Waals surface area (Å²) in [7, 11) is 1.97. The average Bonchev–Trinajstić information content (AvgIpc) is 2.73. The van der Waals surface area contributed by atoms with Gasteiger partial charge >= 0.3 is 18.9 Å². The third-order valence-corrected chi connectivity index (χ3v) is 2.58. The minimum atomic E-state index is -1.15. The number of aromatic nitrogens is 1. The smallest absolute Gasteiger partial charge is 0.545 e. The molecule has 0 aliphatic carbocycles. The Bertz CT molecular complexity index is 555. The van der Waals surface area contributed by atoms with Crippen LogP contribution in [0.15, 0.2) is 42.6 Å². The molecule has 0 N–H and O–H groups in total. The first-order valence-corrected chi connectivity index (χ1v) is 5.27. The summed E-state index contributed by atoms with van der Waals surface area (Å²) in [6.07, 6.45) is 5.89. The molecule has 0 spiro atoms. The minimum absolute atomic E-state index is 0. The van der Waals surface area contributed by atoms with Crippen LogP contribution in [0.5, 0.6) is 0 Å². The summed E-state index contributed by atoms with van der Waals surface area (Å²) in [6, 6.07) is 10.6. The number of hydrogen-bond acceptors (Lipinski definition) is 2. The molecule has 4 heteroatoms. The van der Waals surface area contributed by atoms with Crippen LogP contribution in [0.2, 0.25) is 0 Å². The molecule has 86 valence electrons. The summed E-state index contributed by atoms with van der Waals surface area (Å²) < 4.78 is 2.01. The van der Waals surface area contributed by atoms with Gasteiger partial charge in [-0.2, -0.15) is 0 Å². The van der Waals surface area contributed by atoms with Gasteiger partial charge in [-0.05, 0) is 29.3 Å². The van der Waals surface area contributed by atoms with Crippen LogP contribution in [0.3, 0.4) is 0 Å². The van der Waals surface area contributed by atoms with Crippen molar-refractivity contribution in [2.75, 3.05) is 0 Å². The standard InChI is InChI=1S/C14H13NO2.Li/c1-15-10-2-3-13(15)9-6-11-4-7-12(8-5-11)14(16)17;/h2-10H,1H3,(H,16,17);/q;+1/p-1/b9-6+;. The van der Waals surface area contributed by atoms with Crippen molar-refractivity contribution in [2.45, 2.75) is 0 Å². The van der Waals surface area contributed by atoms with Gasteiger partial charge in [-0.1, -0.05) is 30.3 Å². The van der Waals surface area contributed by atoms with E-state index in [9.17, 15) is 9.90 Å². The Morgan fingerprint density at radius 1 is 1.17 bits per heavy atom. The Kier molecular flexibility index (Phi) is 5.03. The van der Waals surface area contributed by atoms with E-state index in [2.05, 4.69) is 0 Å². The minimum Gasteiger partial charge on any atom is -0.545 e. The number of rotatable bonds is 3. The molecule has 0 aliphatic rings. The summed E-state index contributed by atoms with van der Waals surface area (Å²) in [5.74, 6) is -1.15. The van der Waals surface area contributed by atoms with Crippen LogP contribution in [-0.2, 0) is 7.05 Å². The molecule has 0 amide bonds. The van der Waals surface area contributed by atoms with Crippen LogP contribution in [0.4, 0.5) is 0 Å². The van der Waals surface area contributed by atoms with Gasteiger partial charge in [0, 0.05) is 18.9 Å². The molecule has 0 unspecified atom stereocenters. The molecular formula is C14H12LiNO2. The Morgan fingerprint density at radius 3 is 2.33 bits per heavy atom. The maximum atomic E-state index is 10.6. The Hall–Kier alpha value is -1.69. The fraction of sp³-hybridized carbons (Fsp3) is 0.0714. The van der Waals surface area contributed by atoms with E-state index < -0.39 is 5.97 Å². The first-order chi connectivity index (χ1) is 8.16. The van der Waals surface area contributed by atoms with Crippen LogP contribution < -0.4 is 24.0 Å². The number of carbonyl (C=O) groups is 1. The molecule has 2 rings (SSSR count). The number of nitrogens with zero attached hydrogens (tertiary/aromatic N) is 1. The van der Waals surface area contributed by atoms with Gasteiger partial charge in [0.1, 0.15) is 0 Å². The summed E-state index contributed by atoms with van der Waals surface area (Å²) >= 11 is 0. The Labute approximate surface area is 118 Å². The van der Waals surface area contributed by atoms with Crippen molar-refractivity contribution in [3.63, 3.8) is 0 Å². The van der Waals surface area contributed by atoms with E-state index >= 15 is 0 Å². The van der Waals surface area contributed by atoms with Gasteiger partial charge in [0.25, 0.3) is 0 Å². The predicted octanol–water partition coefficient (Wildman–Crippen LogP) is -1.44. The van der Waals surface area contributed by atoms with Gasteiger partial charge in [0.2, 0.25) is 0 Å². The molecule has 1 heterocycles. The van der Waals surface area contributed by atoms with Gasteiger partial charge in [-0.25, -0.2) is 0 Å². The summed E-state index contributed by atoms with van der Waals surface area (Å²) in [5.41, 5.74) is 2.24. The molecule has 0 atom stereocenters. The number of hydrogen-bond donors (Lipinski definition) is 0. The maximum absolute atomic E-state index is 10.6. The van der Waals surface area contributed by atoms with Crippen molar-refractivity contribution in [3.05, 3.63) is 59.4 Å². The fourth-order valence-electron chi connectivity index (χ4n) is 1.56. The van der Waals surface area contributed by atoms with E-state index in [1.54, 1.807) is 24.3 Å². The molecule has 0 saturated heterocycles. The molecule has 0 saturated carbocycles. The number of carboxylic acid groups (broad SMARTS) is 1. The molecule has 0 bridgehead atoms. The van der Waals surface area contributed by atoms with Gasteiger partial charge in [-0.15, -0.1) is 0 Å². The first-order valence-electron chi connectivity index (χ1n) is 5.27. The molecule has 3 nitrogen and oxygen atoms in total. The van der Waals surface area contributed by atoms with E-state index in [1.165, 1.54) is 0 Å². The molecule has 0 fully saturated rings. The van der Waals surface area contributed by atoms with Crippen molar-refractivity contribution in [3.8, 4) is 0 Å². The predicted molar refractivity (Wildman–Crippen MR) is 65.1 cm³/mol. The number of carbonyl (C=O) groups excluding carboxylic acids is 1.